The van der Waals surface area contributed by atoms with Crippen molar-refractivity contribution < 1.29 is 13.6 Å². The maximum atomic E-state index is 13.6. The monoisotopic (exact) mass is 733 g/mol. The van der Waals surface area contributed by atoms with Gasteiger partial charge in [-0.3, -0.25) is 4.79 Å². The van der Waals surface area contributed by atoms with Gasteiger partial charge in [0.2, 0.25) is 0 Å². The zero-order valence-electron chi connectivity index (χ0n) is 31.0. The minimum Gasteiger partial charge on any atom is -0.406 e. The van der Waals surface area contributed by atoms with Crippen LogP contribution in [0.15, 0.2) is 127 Å². The van der Waals surface area contributed by atoms with Crippen molar-refractivity contribution in [2.45, 2.75) is 57.7 Å². The first-order valence-electron chi connectivity index (χ1n) is 17.9. The van der Waals surface area contributed by atoms with Crippen LogP contribution in [0, 0.1) is 0 Å². The fourth-order valence-electron chi connectivity index (χ4n) is 7.51. The van der Waals surface area contributed by atoms with E-state index in [4.69, 9.17) is 13.8 Å². The molecule has 51 heavy (non-hydrogen) atoms. The largest absolute Gasteiger partial charge is 0.406 e. The third-order valence-electron chi connectivity index (χ3n) is 10.1. The van der Waals surface area contributed by atoms with Crippen molar-refractivity contribution in [2.24, 2.45) is 0 Å². The number of aromatic nitrogens is 1. The van der Waals surface area contributed by atoms with Crippen molar-refractivity contribution in [2.75, 3.05) is 38.2 Å². The van der Waals surface area contributed by atoms with Crippen LogP contribution in [0.1, 0.15) is 52.0 Å². The minimum atomic E-state index is -2.68. The molecule has 0 radical (unpaired) electrons. The first-order valence-corrected chi connectivity index (χ1v) is 22.6. The number of amides is 1. The van der Waals surface area contributed by atoms with E-state index in [1.165, 1.54) is 32.1 Å². The lowest BCUT2D eigenvalue weighted by Crippen LogP contribution is -2.70. The summed E-state index contributed by atoms with van der Waals surface area (Å²) in [4.78, 5) is 22.4. The molecule has 1 fully saturated rings. The number of anilines is 1. The molecule has 6 nitrogen and oxygen atoms in total. The smallest absolute Gasteiger partial charge is 0.273 e. The van der Waals surface area contributed by atoms with E-state index >= 15 is 0 Å². The molecule has 1 aliphatic rings. The Morgan fingerprint density at radius 3 is 1.55 bits per heavy atom. The predicted molar refractivity (Wildman–Crippen MR) is 217 cm³/mol. The first-order chi connectivity index (χ1) is 24.4. The maximum Gasteiger partial charge on any atom is 0.273 e. The van der Waals surface area contributed by atoms with Gasteiger partial charge in [0.15, 0.2) is 5.13 Å². The van der Waals surface area contributed by atoms with Crippen molar-refractivity contribution >= 4 is 59.8 Å². The van der Waals surface area contributed by atoms with Crippen molar-refractivity contribution in [3.8, 4) is 0 Å². The van der Waals surface area contributed by atoms with E-state index in [0.29, 0.717) is 18.8 Å². The number of nitrogens with zero attached hydrogens (tertiary/aromatic N) is 3. The standard InChI is InChI=1S/C42H51N3O3SSi2/c1-41(2,3)50(34-20-12-8-13-21-34,35-22-14-9-15-23-35)47-29-28-44(7)39(46)38-32-49-40(43-38)45-30-33(31-45)48-51(42(4,5)6,36-24-16-10-17-25-36)37-26-18-11-19-27-37/h8-27,32-33H,28-31H2,1-7H3. The number of benzene rings is 4. The van der Waals surface area contributed by atoms with E-state index in [1.807, 2.05) is 12.4 Å². The molecule has 2 heterocycles. The summed E-state index contributed by atoms with van der Waals surface area (Å²) < 4.78 is 14.3. The Hall–Kier alpha value is -3.87. The topological polar surface area (TPSA) is 54.9 Å². The molecule has 5 aromatic rings. The average Bonchev–Trinajstić information content (AvgIpc) is 3.59. The number of rotatable bonds is 12. The van der Waals surface area contributed by atoms with Crippen molar-refractivity contribution in [1.82, 2.24) is 9.88 Å². The van der Waals surface area contributed by atoms with Crippen LogP contribution in [-0.2, 0) is 8.85 Å². The van der Waals surface area contributed by atoms with Crippen LogP contribution in [-0.4, -0.2) is 71.8 Å². The summed E-state index contributed by atoms with van der Waals surface area (Å²) in [6.07, 6.45) is 0.0701. The molecule has 0 saturated carbocycles. The highest BCUT2D eigenvalue weighted by Gasteiger charge is 2.53. The molecule has 1 aromatic heterocycles. The molecular formula is C42H51N3O3SSi2. The van der Waals surface area contributed by atoms with Gasteiger partial charge in [-0.05, 0) is 30.8 Å². The summed E-state index contributed by atoms with van der Waals surface area (Å²) in [5.74, 6) is -0.0933. The predicted octanol–water partition coefficient (Wildman–Crippen LogP) is 6.56. The van der Waals surface area contributed by atoms with Gasteiger partial charge in [-0.2, -0.15) is 0 Å². The fourth-order valence-corrected chi connectivity index (χ4v) is 17.5. The van der Waals surface area contributed by atoms with Crippen molar-refractivity contribution in [3.05, 3.63) is 132 Å². The molecule has 0 N–H and O–H groups in total. The summed E-state index contributed by atoms with van der Waals surface area (Å²) in [5, 5.41) is 7.56. The lowest BCUT2D eigenvalue weighted by molar-refractivity contribution is 0.0766. The molecule has 4 aromatic carbocycles. The second kappa shape index (κ2) is 15.0. The second-order valence-electron chi connectivity index (χ2n) is 15.6. The molecular weight excluding hydrogens is 683 g/mol. The Morgan fingerprint density at radius 2 is 1.14 bits per heavy atom. The van der Waals surface area contributed by atoms with Crippen molar-refractivity contribution in [3.63, 3.8) is 0 Å². The average molecular weight is 734 g/mol. The van der Waals surface area contributed by atoms with Crippen molar-refractivity contribution in [1.29, 1.82) is 0 Å². The number of hydrogen-bond acceptors (Lipinski definition) is 6. The van der Waals surface area contributed by atoms with Gasteiger partial charge in [0.25, 0.3) is 22.5 Å². The Labute approximate surface area is 310 Å². The lowest BCUT2D eigenvalue weighted by atomic mass is 10.2. The molecule has 1 amide bonds. The van der Waals surface area contributed by atoms with Crippen LogP contribution >= 0.6 is 11.3 Å². The Morgan fingerprint density at radius 1 is 0.725 bits per heavy atom. The second-order valence-corrected chi connectivity index (χ2v) is 25.0. The highest BCUT2D eigenvalue weighted by Crippen LogP contribution is 2.40. The minimum absolute atomic E-state index is 0.0701. The van der Waals surface area contributed by atoms with E-state index in [2.05, 4.69) is 168 Å². The molecule has 0 atom stereocenters. The third-order valence-corrected chi connectivity index (χ3v) is 21.1. The molecule has 0 bridgehead atoms. The number of carbonyl (C=O) groups is 1. The quantitative estimate of drug-likeness (QED) is 0.136. The van der Waals surface area contributed by atoms with Gasteiger partial charge in [-0.1, -0.05) is 163 Å². The summed E-state index contributed by atoms with van der Waals surface area (Å²) in [6.45, 7) is 16.1. The first kappa shape index (κ1) is 36.9. The summed E-state index contributed by atoms with van der Waals surface area (Å²) in [7, 11) is -3.48. The molecule has 9 heteroatoms. The fraction of sp³-hybridized carbons (Fsp3) is 0.333. The summed E-state index contributed by atoms with van der Waals surface area (Å²) in [5.41, 5.74) is 0.472. The van der Waals surface area contributed by atoms with Gasteiger partial charge in [0.05, 0.1) is 12.7 Å². The molecule has 266 valence electrons. The van der Waals surface area contributed by atoms with E-state index in [0.717, 1.165) is 18.2 Å². The molecule has 1 aliphatic heterocycles. The molecule has 0 aliphatic carbocycles. The third kappa shape index (κ3) is 7.28. The Kier molecular flexibility index (Phi) is 10.9. The normalized spacial score (nSPS) is 14.3. The van der Waals surface area contributed by atoms with Crippen LogP contribution in [0.2, 0.25) is 10.1 Å². The van der Waals surface area contributed by atoms with Gasteiger partial charge < -0.3 is 18.7 Å². The van der Waals surface area contributed by atoms with Crippen LogP contribution in [0.5, 0.6) is 0 Å². The maximum absolute atomic E-state index is 13.6. The highest BCUT2D eigenvalue weighted by molar-refractivity contribution is 7.14. The van der Waals surface area contributed by atoms with Gasteiger partial charge in [-0.15, -0.1) is 11.3 Å². The molecule has 6 rings (SSSR count). The number of hydrogen-bond donors (Lipinski definition) is 0. The van der Waals surface area contributed by atoms with E-state index in [9.17, 15) is 4.79 Å². The molecule has 1 saturated heterocycles. The van der Waals surface area contributed by atoms with Gasteiger partial charge in [0.1, 0.15) is 5.69 Å². The van der Waals surface area contributed by atoms with Crippen LogP contribution in [0.4, 0.5) is 5.13 Å². The van der Waals surface area contributed by atoms with Gasteiger partial charge in [-0.25, -0.2) is 4.98 Å². The SMILES string of the molecule is CN(CCO[Si](c1ccccc1)(c1ccccc1)C(C)(C)C)C(=O)c1csc(N2CC(O[Si](c3ccccc3)(c3ccccc3)C(C)(C)C)C2)n1. The number of thiazole rings is 1. The van der Waals surface area contributed by atoms with Gasteiger partial charge in [0, 0.05) is 32.1 Å². The van der Waals surface area contributed by atoms with E-state index in [-0.39, 0.29) is 22.1 Å². The summed E-state index contributed by atoms with van der Waals surface area (Å²) in [6, 6.07) is 42.8. The zero-order chi connectivity index (χ0) is 36.3. The number of likely N-dealkylation sites (N-methyl/N-ethyl adjacent to an activating group) is 1. The molecule has 0 spiro atoms. The number of carbonyl (C=O) groups excluding carboxylic acids is 1. The molecule has 0 unspecified atom stereocenters. The lowest BCUT2D eigenvalue weighted by Gasteiger charge is -2.49. The van der Waals surface area contributed by atoms with E-state index < -0.39 is 16.6 Å². The van der Waals surface area contributed by atoms with Crippen LogP contribution in [0.25, 0.3) is 0 Å². The highest BCUT2D eigenvalue weighted by atomic mass is 32.1. The van der Waals surface area contributed by atoms with Gasteiger partial charge >= 0.3 is 0 Å². The summed E-state index contributed by atoms with van der Waals surface area (Å²) >= 11 is 1.52. The Balaban J connectivity index is 1.12. The van der Waals surface area contributed by atoms with E-state index in [1.54, 1.807) is 4.90 Å². The van der Waals surface area contributed by atoms with Crippen LogP contribution in [0.3, 0.4) is 0 Å². The zero-order valence-corrected chi connectivity index (χ0v) is 33.8. The van der Waals surface area contributed by atoms with Crippen LogP contribution < -0.4 is 25.6 Å². The Bertz CT molecular complexity index is 1790.